The van der Waals surface area contributed by atoms with E-state index in [1.54, 1.807) is 0 Å². The van der Waals surface area contributed by atoms with Crippen molar-refractivity contribution < 1.29 is 14.9 Å². The van der Waals surface area contributed by atoms with Crippen LogP contribution in [0.15, 0.2) is 0 Å². The van der Waals surface area contributed by atoms with Crippen molar-refractivity contribution in [1.29, 1.82) is 0 Å². The van der Waals surface area contributed by atoms with Gasteiger partial charge in [-0.15, -0.1) is 0 Å². The molecular weight excluding hydrogens is 206 g/mol. The van der Waals surface area contributed by atoms with Crippen molar-refractivity contribution in [3.63, 3.8) is 0 Å². The predicted octanol–water partition coefficient (Wildman–Crippen LogP) is 0.0897. The van der Waals surface area contributed by atoms with Crippen molar-refractivity contribution >= 4 is 0 Å². The third-order valence-electron chi connectivity index (χ3n) is 3.99. The van der Waals surface area contributed by atoms with Crippen LogP contribution in [0, 0.1) is 11.3 Å². The summed E-state index contributed by atoms with van der Waals surface area (Å²) in [5.41, 5.74) is -0.0197. The van der Waals surface area contributed by atoms with Gasteiger partial charge in [0, 0.05) is 31.7 Å². The normalized spacial score (nSPS) is 36.0. The van der Waals surface area contributed by atoms with Crippen LogP contribution >= 0.6 is 0 Å². The summed E-state index contributed by atoms with van der Waals surface area (Å²) in [5.74, 6) is 0.642. The maximum absolute atomic E-state index is 9.50. The number of hydrogen-bond acceptors (Lipinski definition) is 4. The Bertz CT molecular complexity index is 216. The van der Waals surface area contributed by atoms with E-state index in [2.05, 4.69) is 4.90 Å². The lowest BCUT2D eigenvalue weighted by Crippen LogP contribution is -2.39. The van der Waals surface area contributed by atoms with Crippen LogP contribution in [0.5, 0.6) is 0 Å². The molecule has 2 aliphatic rings. The largest absolute Gasteiger partial charge is 0.396 e. The Morgan fingerprint density at radius 3 is 2.88 bits per heavy atom. The summed E-state index contributed by atoms with van der Waals surface area (Å²) < 4.78 is 5.41. The second kappa shape index (κ2) is 5.45. The Hall–Kier alpha value is -0.160. The summed E-state index contributed by atoms with van der Waals surface area (Å²) >= 11 is 0. The number of aliphatic hydroxyl groups excluding tert-OH is 2. The second-order valence-corrected chi connectivity index (χ2v) is 5.36. The fourth-order valence-electron chi connectivity index (χ4n) is 2.90. The second-order valence-electron chi connectivity index (χ2n) is 5.36. The van der Waals surface area contributed by atoms with Crippen molar-refractivity contribution in [3.8, 4) is 0 Å². The number of likely N-dealkylation sites (tertiary alicyclic amines) is 1. The highest BCUT2D eigenvalue weighted by Gasteiger charge is 2.37. The zero-order valence-electron chi connectivity index (χ0n) is 9.90. The van der Waals surface area contributed by atoms with Gasteiger partial charge in [-0.25, -0.2) is 0 Å². The van der Waals surface area contributed by atoms with Crippen LogP contribution in [-0.2, 0) is 4.74 Å². The first-order chi connectivity index (χ1) is 7.78. The van der Waals surface area contributed by atoms with Crippen molar-refractivity contribution in [1.82, 2.24) is 4.90 Å². The molecule has 0 aromatic rings. The van der Waals surface area contributed by atoms with Crippen LogP contribution in [0.4, 0.5) is 0 Å². The van der Waals surface area contributed by atoms with E-state index in [1.807, 2.05) is 0 Å². The summed E-state index contributed by atoms with van der Waals surface area (Å²) in [7, 11) is 0. The smallest absolute Gasteiger partial charge is 0.0557 e. The molecule has 0 radical (unpaired) electrons. The van der Waals surface area contributed by atoms with Gasteiger partial charge in [-0.3, -0.25) is 0 Å². The molecule has 94 valence electrons. The number of nitrogens with zero attached hydrogens (tertiary/aromatic N) is 1. The van der Waals surface area contributed by atoms with E-state index in [1.165, 1.54) is 6.42 Å². The molecule has 4 heteroatoms. The molecule has 0 aromatic heterocycles. The molecular formula is C12H23NO3. The topological polar surface area (TPSA) is 52.9 Å². The average Bonchev–Trinajstić information content (AvgIpc) is 2.90. The Labute approximate surface area is 97.2 Å². The molecule has 2 heterocycles. The number of aliphatic hydroxyl groups is 2. The first kappa shape index (κ1) is 12.3. The van der Waals surface area contributed by atoms with Gasteiger partial charge in [0.1, 0.15) is 0 Å². The van der Waals surface area contributed by atoms with Gasteiger partial charge in [0.15, 0.2) is 0 Å². The standard InChI is InChI=1S/C12H23NO3/c14-5-2-11-1-4-13(7-11)8-12(9-15)3-6-16-10-12/h11,14-15H,1-10H2. The molecule has 16 heavy (non-hydrogen) atoms. The maximum Gasteiger partial charge on any atom is 0.0557 e. The van der Waals surface area contributed by atoms with Gasteiger partial charge in [-0.2, -0.15) is 0 Å². The number of rotatable bonds is 5. The average molecular weight is 229 g/mol. The van der Waals surface area contributed by atoms with Gasteiger partial charge < -0.3 is 19.8 Å². The Morgan fingerprint density at radius 1 is 1.38 bits per heavy atom. The molecule has 0 aliphatic carbocycles. The summed E-state index contributed by atoms with van der Waals surface area (Å²) in [6.45, 7) is 5.14. The molecule has 2 N–H and O–H groups in total. The molecule has 0 saturated carbocycles. The van der Waals surface area contributed by atoms with Gasteiger partial charge >= 0.3 is 0 Å². The van der Waals surface area contributed by atoms with E-state index in [4.69, 9.17) is 9.84 Å². The molecule has 0 amide bonds. The minimum Gasteiger partial charge on any atom is -0.396 e. The third kappa shape index (κ3) is 2.74. The van der Waals surface area contributed by atoms with Crippen LogP contribution < -0.4 is 0 Å². The zero-order valence-corrected chi connectivity index (χ0v) is 9.90. The Balaban J connectivity index is 1.81. The molecule has 0 aromatic carbocycles. The molecule has 0 bridgehead atoms. The van der Waals surface area contributed by atoms with Gasteiger partial charge in [-0.1, -0.05) is 0 Å². The fraction of sp³-hybridized carbons (Fsp3) is 1.00. The van der Waals surface area contributed by atoms with Crippen LogP contribution in [-0.4, -0.2) is 61.2 Å². The minimum atomic E-state index is -0.0197. The van der Waals surface area contributed by atoms with Crippen molar-refractivity contribution in [3.05, 3.63) is 0 Å². The van der Waals surface area contributed by atoms with E-state index in [-0.39, 0.29) is 12.0 Å². The predicted molar refractivity (Wildman–Crippen MR) is 61.2 cm³/mol. The first-order valence-electron chi connectivity index (χ1n) is 6.30. The van der Waals surface area contributed by atoms with Gasteiger partial charge in [0.2, 0.25) is 0 Å². The van der Waals surface area contributed by atoms with Crippen molar-refractivity contribution in [2.24, 2.45) is 11.3 Å². The molecule has 2 atom stereocenters. The lowest BCUT2D eigenvalue weighted by Gasteiger charge is -2.30. The van der Waals surface area contributed by atoms with E-state index >= 15 is 0 Å². The van der Waals surface area contributed by atoms with Gasteiger partial charge in [-0.05, 0) is 31.7 Å². The number of hydrogen-bond donors (Lipinski definition) is 2. The van der Waals surface area contributed by atoms with Crippen LogP contribution in [0.3, 0.4) is 0 Å². The summed E-state index contributed by atoms with van der Waals surface area (Å²) in [6, 6.07) is 0. The molecule has 2 saturated heterocycles. The minimum absolute atomic E-state index is 0.0197. The van der Waals surface area contributed by atoms with Crippen LogP contribution in [0.2, 0.25) is 0 Å². The Kier molecular flexibility index (Phi) is 4.19. The Morgan fingerprint density at radius 2 is 2.25 bits per heavy atom. The van der Waals surface area contributed by atoms with Gasteiger partial charge in [0.25, 0.3) is 0 Å². The first-order valence-corrected chi connectivity index (χ1v) is 6.30. The van der Waals surface area contributed by atoms with Crippen molar-refractivity contribution in [2.75, 3.05) is 46.1 Å². The maximum atomic E-state index is 9.50. The highest BCUT2D eigenvalue weighted by Crippen LogP contribution is 2.31. The highest BCUT2D eigenvalue weighted by molar-refractivity contribution is 4.88. The summed E-state index contributed by atoms with van der Waals surface area (Å²) in [5, 5.41) is 18.4. The van der Waals surface area contributed by atoms with Gasteiger partial charge in [0.05, 0.1) is 13.2 Å². The van der Waals surface area contributed by atoms with Crippen LogP contribution in [0.1, 0.15) is 19.3 Å². The van der Waals surface area contributed by atoms with E-state index in [0.717, 1.165) is 39.1 Å². The van der Waals surface area contributed by atoms with E-state index in [0.29, 0.717) is 19.1 Å². The zero-order chi connectivity index (χ0) is 11.4. The molecule has 2 fully saturated rings. The third-order valence-corrected chi connectivity index (χ3v) is 3.99. The number of ether oxygens (including phenoxy) is 1. The molecule has 2 unspecified atom stereocenters. The SMILES string of the molecule is OCCC1CCN(CC2(CO)CCOC2)C1. The van der Waals surface area contributed by atoms with E-state index < -0.39 is 0 Å². The highest BCUT2D eigenvalue weighted by atomic mass is 16.5. The molecule has 2 aliphatic heterocycles. The monoisotopic (exact) mass is 229 g/mol. The summed E-state index contributed by atoms with van der Waals surface area (Å²) in [4.78, 5) is 2.42. The lowest BCUT2D eigenvalue weighted by atomic mass is 9.88. The fourth-order valence-corrected chi connectivity index (χ4v) is 2.90. The quantitative estimate of drug-likeness (QED) is 0.701. The summed E-state index contributed by atoms with van der Waals surface area (Å²) in [6.07, 6.45) is 3.08. The van der Waals surface area contributed by atoms with Crippen LogP contribution in [0.25, 0.3) is 0 Å². The molecule has 0 spiro atoms. The van der Waals surface area contributed by atoms with E-state index in [9.17, 15) is 5.11 Å². The van der Waals surface area contributed by atoms with Crippen molar-refractivity contribution in [2.45, 2.75) is 19.3 Å². The molecule has 2 rings (SSSR count). The molecule has 4 nitrogen and oxygen atoms in total. The lowest BCUT2D eigenvalue weighted by molar-refractivity contribution is 0.0624.